The maximum absolute atomic E-state index is 5.30. The lowest BCUT2D eigenvalue weighted by molar-refractivity contribution is 1.17. The van der Waals surface area contributed by atoms with Crippen LogP contribution in [0.5, 0.6) is 0 Å². The van der Waals surface area contributed by atoms with Crippen LogP contribution in [0.25, 0.3) is 110 Å². The number of hydrogen-bond donors (Lipinski definition) is 0. The van der Waals surface area contributed by atoms with Crippen molar-refractivity contribution in [1.82, 2.24) is 19.1 Å². The highest BCUT2D eigenvalue weighted by Crippen LogP contribution is 2.43. The van der Waals surface area contributed by atoms with Gasteiger partial charge in [-0.15, -0.1) is 0 Å². The van der Waals surface area contributed by atoms with E-state index >= 15 is 0 Å². The minimum atomic E-state index is 0.715. The van der Waals surface area contributed by atoms with Crippen molar-refractivity contribution in [3.05, 3.63) is 194 Å². The Hall–Kier alpha value is -7.56. The molecule has 3 heterocycles. The summed E-state index contributed by atoms with van der Waals surface area (Å²) in [6.45, 7) is 0. The summed E-state index contributed by atoms with van der Waals surface area (Å²) >= 11 is 0. The summed E-state index contributed by atoms with van der Waals surface area (Å²) in [6, 6.07) is 69.6. The molecule has 0 saturated heterocycles. The third-order valence-electron chi connectivity index (χ3n) is 11.5. The lowest BCUT2D eigenvalue weighted by atomic mass is 10.0. The van der Waals surface area contributed by atoms with E-state index in [2.05, 4.69) is 197 Å². The topological polar surface area (TPSA) is 35.6 Å². The van der Waals surface area contributed by atoms with Crippen molar-refractivity contribution in [2.75, 3.05) is 0 Å². The summed E-state index contributed by atoms with van der Waals surface area (Å²) in [5.74, 6) is 0.715. The highest BCUT2D eigenvalue weighted by Gasteiger charge is 2.22. The van der Waals surface area contributed by atoms with Gasteiger partial charge in [-0.1, -0.05) is 146 Å². The van der Waals surface area contributed by atoms with Crippen LogP contribution < -0.4 is 0 Å². The van der Waals surface area contributed by atoms with Gasteiger partial charge in [-0.25, -0.2) is 9.97 Å². The highest BCUT2D eigenvalue weighted by molar-refractivity contribution is 6.24. The molecule has 12 aromatic rings. The second kappa shape index (κ2) is 12.0. The number of rotatable bonds is 4. The molecule has 0 N–H and O–H groups in total. The fourth-order valence-corrected chi connectivity index (χ4v) is 9.03. The molecule has 56 heavy (non-hydrogen) atoms. The van der Waals surface area contributed by atoms with Crippen LogP contribution in [0.4, 0.5) is 0 Å². The first-order chi connectivity index (χ1) is 27.8. The zero-order valence-electron chi connectivity index (χ0n) is 30.3. The van der Waals surface area contributed by atoms with E-state index in [4.69, 9.17) is 9.97 Å². The summed E-state index contributed by atoms with van der Waals surface area (Å²) in [7, 11) is 0. The van der Waals surface area contributed by atoms with Crippen molar-refractivity contribution in [1.29, 1.82) is 0 Å². The number of aromatic nitrogens is 4. The Morgan fingerprint density at radius 1 is 0.357 bits per heavy atom. The molecular formula is C52H32N4. The van der Waals surface area contributed by atoms with Crippen LogP contribution in [0.15, 0.2) is 194 Å². The van der Waals surface area contributed by atoms with E-state index < -0.39 is 0 Å². The Labute approximate surface area is 322 Å². The van der Waals surface area contributed by atoms with Crippen molar-refractivity contribution < 1.29 is 0 Å². The molecule has 0 saturated carbocycles. The fourth-order valence-electron chi connectivity index (χ4n) is 9.03. The van der Waals surface area contributed by atoms with E-state index in [0.29, 0.717) is 5.82 Å². The molecule has 12 rings (SSSR count). The van der Waals surface area contributed by atoms with Gasteiger partial charge in [0.15, 0.2) is 5.82 Å². The maximum atomic E-state index is 5.30. The van der Waals surface area contributed by atoms with Gasteiger partial charge >= 0.3 is 0 Å². The number of para-hydroxylation sites is 3. The van der Waals surface area contributed by atoms with Gasteiger partial charge in [0.2, 0.25) is 0 Å². The number of hydrogen-bond acceptors (Lipinski definition) is 2. The largest absolute Gasteiger partial charge is 0.309 e. The van der Waals surface area contributed by atoms with Gasteiger partial charge in [-0.3, -0.25) is 0 Å². The molecule has 0 atom stereocenters. The molecule has 260 valence electrons. The van der Waals surface area contributed by atoms with Gasteiger partial charge < -0.3 is 9.13 Å². The molecule has 0 radical (unpaired) electrons. The maximum Gasteiger partial charge on any atom is 0.161 e. The van der Waals surface area contributed by atoms with E-state index in [9.17, 15) is 0 Å². The summed E-state index contributed by atoms with van der Waals surface area (Å²) in [4.78, 5) is 10.5. The third-order valence-corrected chi connectivity index (χ3v) is 11.5. The Morgan fingerprint density at radius 2 is 1.00 bits per heavy atom. The van der Waals surface area contributed by atoms with Gasteiger partial charge in [-0.2, -0.15) is 0 Å². The first-order valence-electron chi connectivity index (χ1n) is 19.1. The van der Waals surface area contributed by atoms with Gasteiger partial charge in [-0.05, 0) is 59.3 Å². The minimum absolute atomic E-state index is 0.715. The standard InChI is InChI=1S/C52H32N4/c1-3-16-34(17-4-1)50-42-24-11-13-25-45(42)53-52(54-50)41-29-30-47(38-22-10-9-21-37(38)41)56-49-32-48-43(31-44(49)40-28-27-33-15-7-8-20-36(33)51(40)56)39-23-12-14-26-46(39)55(48)35-18-5-2-6-19-35/h1-32H. The van der Waals surface area contributed by atoms with E-state index in [1.165, 1.54) is 48.9 Å². The normalized spacial score (nSPS) is 11.9. The predicted octanol–water partition coefficient (Wildman–Crippen LogP) is 13.5. The number of nitrogens with zero attached hydrogens (tertiary/aromatic N) is 4. The van der Waals surface area contributed by atoms with Crippen LogP contribution in [0.3, 0.4) is 0 Å². The molecule has 3 aromatic heterocycles. The molecule has 0 aliphatic heterocycles. The van der Waals surface area contributed by atoms with Gasteiger partial charge in [0.25, 0.3) is 0 Å². The second-order valence-corrected chi connectivity index (χ2v) is 14.5. The van der Waals surface area contributed by atoms with Crippen LogP contribution in [-0.2, 0) is 0 Å². The lowest BCUT2D eigenvalue weighted by Crippen LogP contribution is -1.99. The van der Waals surface area contributed by atoms with Gasteiger partial charge in [0.1, 0.15) is 0 Å². The zero-order valence-corrected chi connectivity index (χ0v) is 30.3. The monoisotopic (exact) mass is 712 g/mol. The van der Waals surface area contributed by atoms with Crippen LogP contribution in [0.1, 0.15) is 0 Å². The molecule has 0 bridgehead atoms. The molecule has 0 aliphatic rings. The van der Waals surface area contributed by atoms with Gasteiger partial charge in [0, 0.05) is 54.5 Å². The van der Waals surface area contributed by atoms with E-state index in [-0.39, 0.29) is 0 Å². The molecule has 0 unspecified atom stereocenters. The van der Waals surface area contributed by atoms with Crippen LogP contribution >= 0.6 is 0 Å². The Balaban J connectivity index is 1.19. The smallest absolute Gasteiger partial charge is 0.161 e. The quantitative estimate of drug-likeness (QED) is 0.182. The Bertz CT molecular complexity index is 3520. The van der Waals surface area contributed by atoms with E-state index in [0.717, 1.165) is 55.4 Å². The summed E-state index contributed by atoms with van der Waals surface area (Å²) < 4.78 is 4.91. The molecule has 4 nitrogen and oxygen atoms in total. The van der Waals surface area contributed by atoms with Crippen molar-refractivity contribution in [3.63, 3.8) is 0 Å². The SMILES string of the molecule is c1ccc(-c2nc(-c3ccc(-n4c5cc6c(cc5c5ccc7ccccc7c54)c4ccccc4n6-c4ccccc4)c4ccccc34)nc3ccccc23)cc1. The molecular weight excluding hydrogens is 681 g/mol. The van der Waals surface area contributed by atoms with Crippen LogP contribution in [0, 0.1) is 0 Å². The average Bonchev–Trinajstić information content (AvgIpc) is 3.77. The molecule has 0 spiro atoms. The van der Waals surface area contributed by atoms with E-state index in [1.807, 2.05) is 6.07 Å². The first kappa shape index (κ1) is 30.9. The van der Waals surface area contributed by atoms with Crippen molar-refractivity contribution in [2.45, 2.75) is 0 Å². The lowest BCUT2D eigenvalue weighted by Gasteiger charge is -2.16. The van der Waals surface area contributed by atoms with Crippen molar-refractivity contribution in [3.8, 4) is 34.0 Å². The summed E-state index contributed by atoms with van der Waals surface area (Å²) in [6.07, 6.45) is 0. The molecule has 0 amide bonds. The fraction of sp³-hybridized carbons (Fsp3) is 0. The molecule has 0 aliphatic carbocycles. The summed E-state index contributed by atoms with van der Waals surface area (Å²) in [5.41, 5.74) is 10.9. The molecule has 0 fully saturated rings. The zero-order chi connectivity index (χ0) is 36.7. The van der Waals surface area contributed by atoms with E-state index in [1.54, 1.807) is 0 Å². The van der Waals surface area contributed by atoms with Crippen LogP contribution in [0.2, 0.25) is 0 Å². The van der Waals surface area contributed by atoms with Crippen molar-refractivity contribution >= 4 is 76.1 Å². The first-order valence-corrected chi connectivity index (χ1v) is 19.1. The highest BCUT2D eigenvalue weighted by atomic mass is 15.0. The second-order valence-electron chi connectivity index (χ2n) is 14.5. The van der Waals surface area contributed by atoms with Crippen LogP contribution in [-0.4, -0.2) is 19.1 Å². The summed E-state index contributed by atoms with van der Waals surface area (Å²) in [5, 5.41) is 10.7. The number of benzene rings is 9. The Morgan fingerprint density at radius 3 is 1.84 bits per heavy atom. The third kappa shape index (κ3) is 4.47. The molecule has 9 aromatic carbocycles. The van der Waals surface area contributed by atoms with Crippen molar-refractivity contribution in [2.24, 2.45) is 0 Å². The predicted molar refractivity (Wildman–Crippen MR) is 234 cm³/mol. The number of fused-ring (bicyclic) bond motifs is 10. The molecule has 4 heteroatoms. The van der Waals surface area contributed by atoms with Gasteiger partial charge in [0.05, 0.1) is 39.0 Å². The minimum Gasteiger partial charge on any atom is -0.309 e. The average molecular weight is 713 g/mol. The Kier molecular flexibility index (Phi) is 6.60.